The zero-order chi connectivity index (χ0) is 34.9. The summed E-state index contributed by atoms with van der Waals surface area (Å²) >= 11 is 0. The minimum atomic E-state index is -1.08. The molecule has 258 valence electrons. The van der Waals surface area contributed by atoms with Crippen molar-refractivity contribution in [3.05, 3.63) is 96.6 Å². The first-order chi connectivity index (χ1) is 23.5. The number of Topliss-reactive ketones (excluding diaryl/α,β-unsaturated/α-hetero) is 1. The Morgan fingerprint density at radius 3 is 2.27 bits per heavy atom. The van der Waals surface area contributed by atoms with Crippen molar-refractivity contribution in [3.63, 3.8) is 0 Å². The molecule has 7 atom stereocenters. The van der Waals surface area contributed by atoms with Gasteiger partial charge < -0.3 is 26.2 Å². The highest BCUT2D eigenvalue weighted by atomic mass is 16.2. The lowest BCUT2D eigenvalue weighted by molar-refractivity contribution is -0.144. The van der Waals surface area contributed by atoms with Crippen LogP contribution in [0, 0.1) is 23.2 Å². The van der Waals surface area contributed by atoms with Gasteiger partial charge in [-0.1, -0.05) is 80.6 Å². The molecule has 2 aromatic carbocycles. The van der Waals surface area contributed by atoms with Crippen molar-refractivity contribution in [3.8, 4) is 0 Å². The van der Waals surface area contributed by atoms with E-state index in [2.05, 4.69) is 72.5 Å². The number of hydrogen-bond donors (Lipinski definition) is 4. The molecule has 1 aliphatic heterocycles. The van der Waals surface area contributed by atoms with Crippen molar-refractivity contribution in [1.82, 2.24) is 26.2 Å². The lowest BCUT2D eigenvalue weighted by atomic mass is 9.93. The van der Waals surface area contributed by atoms with E-state index in [0.717, 1.165) is 17.5 Å². The van der Waals surface area contributed by atoms with Crippen LogP contribution in [0.2, 0.25) is 0 Å². The summed E-state index contributed by atoms with van der Waals surface area (Å²) in [7, 11) is 0. The topological polar surface area (TPSA) is 137 Å². The third-order valence-electron chi connectivity index (χ3n) is 11.1. The van der Waals surface area contributed by atoms with Crippen LogP contribution in [0.15, 0.2) is 79.9 Å². The van der Waals surface area contributed by atoms with E-state index >= 15 is 0 Å². The fraction of sp³-hybridized carbons (Fsp3) is 0.462. The Labute approximate surface area is 288 Å². The first kappa shape index (κ1) is 34.1. The van der Waals surface area contributed by atoms with Gasteiger partial charge in [0.1, 0.15) is 12.1 Å². The van der Waals surface area contributed by atoms with E-state index in [1.807, 2.05) is 30.3 Å². The van der Waals surface area contributed by atoms with Gasteiger partial charge in [0.25, 0.3) is 5.91 Å². The molecule has 4 N–H and O–H groups in total. The molecule has 49 heavy (non-hydrogen) atoms. The maximum absolute atomic E-state index is 14.7. The van der Waals surface area contributed by atoms with Crippen molar-refractivity contribution in [2.75, 3.05) is 13.1 Å². The second kappa shape index (κ2) is 14.0. The van der Waals surface area contributed by atoms with Crippen LogP contribution in [-0.2, 0) is 32.0 Å². The number of urea groups is 1. The van der Waals surface area contributed by atoms with Crippen LogP contribution < -0.4 is 21.3 Å². The standard InChI is InChI=1S/C39H47N5O5/c1-5-7-17-29(34(45)36(47)40-18-6-2)41-35(46)33-31-28(39(31,3)4)22-44(33)37(48)32(26-19-24-15-11-12-16-25(24)20-26)43-38(49)42-30-21-27(30)23-13-9-8-10-14-23/h5-6,8-16,26-33H,1-2,7,17-22H2,3-4H3,(H,40,47)(H,41,46)(H2,42,43,49)/t27-,28+,29?,30?,31+,32-,33-/m0/s1. The van der Waals surface area contributed by atoms with Crippen LogP contribution >= 0.6 is 0 Å². The number of nitrogens with zero attached hydrogens (tertiary/aromatic N) is 1. The zero-order valence-electron chi connectivity index (χ0n) is 28.3. The average molecular weight is 666 g/mol. The molecule has 3 fully saturated rings. The Kier molecular flexibility index (Phi) is 9.77. The summed E-state index contributed by atoms with van der Waals surface area (Å²) in [4.78, 5) is 69.6. The summed E-state index contributed by atoms with van der Waals surface area (Å²) in [5, 5.41) is 11.5. The van der Waals surface area contributed by atoms with Gasteiger partial charge in [-0.05, 0) is 72.0 Å². The summed E-state index contributed by atoms with van der Waals surface area (Å²) in [6, 6.07) is 14.9. The van der Waals surface area contributed by atoms with Gasteiger partial charge >= 0.3 is 6.03 Å². The first-order valence-electron chi connectivity index (χ1n) is 17.4. The second-order valence-electron chi connectivity index (χ2n) is 14.6. The number of amides is 5. The largest absolute Gasteiger partial charge is 0.346 e. The summed E-state index contributed by atoms with van der Waals surface area (Å²) in [5.74, 6) is -2.31. The number of allylic oxidation sites excluding steroid dienone is 1. The maximum atomic E-state index is 14.7. The number of rotatable bonds is 14. The van der Waals surface area contributed by atoms with Gasteiger partial charge in [-0.2, -0.15) is 0 Å². The normalized spacial score (nSPS) is 25.5. The van der Waals surface area contributed by atoms with Crippen LogP contribution in [0.25, 0.3) is 0 Å². The van der Waals surface area contributed by atoms with Crippen molar-refractivity contribution >= 4 is 29.5 Å². The number of benzene rings is 2. The second-order valence-corrected chi connectivity index (χ2v) is 14.6. The van der Waals surface area contributed by atoms with Gasteiger partial charge in [-0.25, -0.2) is 4.79 Å². The van der Waals surface area contributed by atoms with Gasteiger partial charge in [0.05, 0.1) is 6.04 Å². The van der Waals surface area contributed by atoms with Crippen LogP contribution in [0.5, 0.6) is 0 Å². The molecule has 0 radical (unpaired) electrons. The van der Waals surface area contributed by atoms with E-state index in [1.54, 1.807) is 11.0 Å². The molecule has 2 aromatic rings. The molecule has 0 spiro atoms. The van der Waals surface area contributed by atoms with Gasteiger partial charge in [0.15, 0.2) is 0 Å². The van der Waals surface area contributed by atoms with Crippen LogP contribution in [0.1, 0.15) is 55.7 Å². The van der Waals surface area contributed by atoms with Crippen LogP contribution in [0.3, 0.4) is 0 Å². The molecular formula is C39H47N5O5. The molecule has 4 aliphatic rings. The molecule has 6 rings (SSSR count). The Morgan fingerprint density at radius 2 is 1.61 bits per heavy atom. The van der Waals surface area contributed by atoms with Crippen LogP contribution in [0.4, 0.5) is 4.79 Å². The Balaban J connectivity index is 1.21. The minimum absolute atomic E-state index is 0.0219. The van der Waals surface area contributed by atoms with Gasteiger partial charge in [-0.15, -0.1) is 13.2 Å². The number of hydrogen-bond acceptors (Lipinski definition) is 5. The first-order valence-corrected chi connectivity index (χ1v) is 17.4. The number of ketones is 1. The molecule has 2 unspecified atom stereocenters. The Hall–Kier alpha value is -4.73. The highest BCUT2D eigenvalue weighted by molar-refractivity contribution is 6.38. The van der Waals surface area contributed by atoms with Crippen LogP contribution in [-0.4, -0.2) is 71.7 Å². The lowest BCUT2D eigenvalue weighted by Gasteiger charge is -2.35. The van der Waals surface area contributed by atoms with E-state index in [-0.39, 0.29) is 54.0 Å². The molecule has 3 aliphatic carbocycles. The molecular weight excluding hydrogens is 618 g/mol. The molecule has 0 bridgehead atoms. The molecule has 1 heterocycles. The monoisotopic (exact) mass is 665 g/mol. The van der Waals surface area contributed by atoms with Crippen molar-refractivity contribution in [1.29, 1.82) is 0 Å². The molecule has 2 saturated carbocycles. The van der Waals surface area contributed by atoms with Crippen molar-refractivity contribution in [2.24, 2.45) is 23.2 Å². The Morgan fingerprint density at radius 1 is 0.939 bits per heavy atom. The van der Waals surface area contributed by atoms with E-state index in [0.29, 0.717) is 25.8 Å². The molecule has 10 nitrogen and oxygen atoms in total. The number of likely N-dealkylation sites (tertiary alicyclic amines) is 1. The third kappa shape index (κ3) is 7.05. The van der Waals surface area contributed by atoms with E-state index < -0.39 is 41.8 Å². The van der Waals surface area contributed by atoms with Crippen molar-refractivity contribution < 1.29 is 24.0 Å². The SMILES string of the molecule is C=CCCC(NC(=O)[C@@H]1[C@H]2[C@@H](CN1C(=O)[C@@H](NC(=O)NC1C[C@H]1c1ccccc1)C1Cc3ccccc3C1)C2(C)C)C(=O)C(=O)NCC=C. The summed E-state index contributed by atoms with van der Waals surface area (Å²) in [5.41, 5.74) is 3.29. The van der Waals surface area contributed by atoms with E-state index in [4.69, 9.17) is 0 Å². The van der Waals surface area contributed by atoms with Gasteiger partial charge in [0, 0.05) is 25.0 Å². The molecule has 1 saturated heterocycles. The highest BCUT2D eigenvalue weighted by Gasteiger charge is 2.69. The van der Waals surface area contributed by atoms with E-state index in [1.165, 1.54) is 11.6 Å². The van der Waals surface area contributed by atoms with E-state index in [9.17, 15) is 24.0 Å². The molecule has 5 amide bonds. The summed E-state index contributed by atoms with van der Waals surface area (Å²) < 4.78 is 0. The number of nitrogens with one attached hydrogen (secondary N) is 4. The highest BCUT2D eigenvalue weighted by Crippen LogP contribution is 2.65. The number of fused-ring (bicyclic) bond motifs is 2. The predicted molar refractivity (Wildman–Crippen MR) is 186 cm³/mol. The average Bonchev–Trinajstić information content (AvgIpc) is 3.78. The zero-order valence-corrected chi connectivity index (χ0v) is 28.3. The quantitative estimate of drug-likeness (QED) is 0.181. The summed E-state index contributed by atoms with van der Waals surface area (Å²) in [6.07, 6.45) is 5.79. The smallest absolute Gasteiger partial charge is 0.315 e. The fourth-order valence-corrected chi connectivity index (χ4v) is 8.20. The Bertz CT molecular complexity index is 1610. The number of piperidine rings is 1. The fourth-order valence-electron chi connectivity index (χ4n) is 8.20. The van der Waals surface area contributed by atoms with Gasteiger partial charge in [-0.3, -0.25) is 19.2 Å². The van der Waals surface area contributed by atoms with Gasteiger partial charge in [0.2, 0.25) is 17.6 Å². The summed E-state index contributed by atoms with van der Waals surface area (Å²) in [6.45, 7) is 12.0. The maximum Gasteiger partial charge on any atom is 0.315 e. The molecule has 0 aromatic heterocycles. The predicted octanol–water partition coefficient (Wildman–Crippen LogP) is 3.43. The third-order valence-corrected chi connectivity index (χ3v) is 11.1. The number of carbonyl (C=O) groups excluding carboxylic acids is 5. The minimum Gasteiger partial charge on any atom is -0.346 e. The lowest BCUT2D eigenvalue weighted by Crippen LogP contribution is -2.60. The number of carbonyl (C=O) groups is 5. The molecule has 10 heteroatoms. The van der Waals surface area contributed by atoms with Crippen molar-refractivity contribution in [2.45, 2.75) is 76.0 Å².